The fraction of sp³-hybridized carbons (Fsp3) is 0.667. The number of nitrogens with two attached hydrogens (primary N) is 1. The molecule has 0 radical (unpaired) electrons. The van der Waals surface area contributed by atoms with Crippen molar-refractivity contribution in [3.05, 3.63) is 33.8 Å². The zero-order valence-electron chi connectivity index (χ0n) is 13.4. The Morgan fingerprint density at radius 1 is 1.14 bits per heavy atom. The largest absolute Gasteiger partial charge is 0.325 e. The summed E-state index contributed by atoms with van der Waals surface area (Å²) in [5, 5.41) is 1.48. The molecule has 0 spiro atoms. The maximum atomic E-state index is 6.72. The molecule has 1 nitrogen and oxygen atoms in total. The highest BCUT2D eigenvalue weighted by molar-refractivity contribution is 6.36. The van der Waals surface area contributed by atoms with Gasteiger partial charge in [-0.1, -0.05) is 56.5 Å². The van der Waals surface area contributed by atoms with Crippen molar-refractivity contribution in [1.82, 2.24) is 0 Å². The van der Waals surface area contributed by atoms with Crippen molar-refractivity contribution in [2.24, 2.45) is 17.1 Å². The molecule has 1 aliphatic rings. The van der Waals surface area contributed by atoms with Crippen LogP contribution in [-0.2, 0) is 6.42 Å². The minimum absolute atomic E-state index is 0.172. The van der Waals surface area contributed by atoms with Crippen LogP contribution in [0.15, 0.2) is 18.2 Å². The first-order chi connectivity index (χ1) is 9.71. The Kier molecular flexibility index (Phi) is 5.28. The summed E-state index contributed by atoms with van der Waals surface area (Å²) in [6, 6.07) is 5.70. The van der Waals surface area contributed by atoms with Crippen LogP contribution in [0.5, 0.6) is 0 Å². The minimum Gasteiger partial charge on any atom is -0.325 e. The number of rotatable bonds is 2. The van der Waals surface area contributed by atoms with E-state index in [-0.39, 0.29) is 5.54 Å². The summed E-state index contributed by atoms with van der Waals surface area (Å²) in [5.74, 6) is 0.754. The van der Waals surface area contributed by atoms with Crippen LogP contribution in [0.4, 0.5) is 0 Å². The van der Waals surface area contributed by atoms with Crippen LogP contribution in [0.2, 0.25) is 10.0 Å². The zero-order chi connectivity index (χ0) is 15.7. The van der Waals surface area contributed by atoms with Crippen LogP contribution in [0, 0.1) is 11.3 Å². The predicted octanol–water partition coefficient (Wildman–Crippen LogP) is 5.86. The maximum absolute atomic E-state index is 6.72. The fourth-order valence-corrected chi connectivity index (χ4v) is 4.06. The van der Waals surface area contributed by atoms with Crippen LogP contribution in [0.3, 0.4) is 0 Å². The normalized spacial score (nSPS) is 27.4. The molecule has 0 amide bonds. The number of benzene rings is 1. The molecule has 1 aromatic rings. The van der Waals surface area contributed by atoms with Gasteiger partial charge in [-0.2, -0.15) is 0 Å². The van der Waals surface area contributed by atoms with Crippen molar-refractivity contribution in [2.45, 2.75) is 64.8 Å². The lowest BCUT2D eigenvalue weighted by Crippen LogP contribution is -2.41. The Hall–Kier alpha value is -0.240. The van der Waals surface area contributed by atoms with E-state index in [9.17, 15) is 0 Å². The van der Waals surface area contributed by atoms with E-state index in [4.69, 9.17) is 28.9 Å². The molecule has 1 aliphatic carbocycles. The van der Waals surface area contributed by atoms with Crippen molar-refractivity contribution in [3.63, 3.8) is 0 Å². The molecule has 1 saturated carbocycles. The summed E-state index contributed by atoms with van der Waals surface area (Å²) in [7, 11) is 0. The fourth-order valence-electron chi connectivity index (χ4n) is 3.53. The Labute approximate surface area is 139 Å². The van der Waals surface area contributed by atoms with E-state index in [1.54, 1.807) is 0 Å². The molecule has 0 heterocycles. The Morgan fingerprint density at radius 3 is 2.33 bits per heavy atom. The van der Waals surface area contributed by atoms with Crippen LogP contribution >= 0.6 is 23.2 Å². The molecule has 2 atom stereocenters. The van der Waals surface area contributed by atoms with Gasteiger partial charge in [-0.05, 0) is 61.1 Å². The highest BCUT2D eigenvalue weighted by Crippen LogP contribution is 2.41. The van der Waals surface area contributed by atoms with E-state index < -0.39 is 0 Å². The second-order valence-electron chi connectivity index (χ2n) is 7.73. The lowest BCUT2D eigenvalue weighted by molar-refractivity contribution is 0.210. The first kappa shape index (κ1) is 17.1. The molecule has 1 aromatic carbocycles. The average molecular weight is 328 g/mol. The lowest BCUT2D eigenvalue weighted by atomic mass is 9.76. The summed E-state index contributed by atoms with van der Waals surface area (Å²) >= 11 is 12.6. The van der Waals surface area contributed by atoms with Gasteiger partial charge in [0, 0.05) is 15.6 Å². The van der Waals surface area contributed by atoms with Gasteiger partial charge in [0.05, 0.1) is 0 Å². The Morgan fingerprint density at radius 2 is 1.76 bits per heavy atom. The molecule has 1 fully saturated rings. The molecule has 0 aliphatic heterocycles. The van der Waals surface area contributed by atoms with Crippen molar-refractivity contribution in [2.75, 3.05) is 0 Å². The summed E-state index contributed by atoms with van der Waals surface area (Å²) in [6.07, 6.45) is 6.56. The molecule has 118 valence electrons. The highest BCUT2D eigenvalue weighted by Gasteiger charge is 2.34. The van der Waals surface area contributed by atoms with Gasteiger partial charge in [0.15, 0.2) is 0 Å². The van der Waals surface area contributed by atoms with E-state index in [2.05, 4.69) is 20.8 Å². The molecule has 2 rings (SSSR count). The van der Waals surface area contributed by atoms with Crippen LogP contribution in [0.25, 0.3) is 0 Å². The standard InChI is InChI=1S/C18H27Cl2N/c1-17(2,3)13-6-5-10-18(21,11-9-13)12-14-15(19)7-4-8-16(14)20/h4,7-8,13H,5-6,9-12,21H2,1-3H3. The van der Waals surface area contributed by atoms with Crippen LogP contribution < -0.4 is 5.73 Å². The summed E-state index contributed by atoms with van der Waals surface area (Å²) < 4.78 is 0. The lowest BCUT2D eigenvalue weighted by Gasteiger charge is -2.32. The molecule has 21 heavy (non-hydrogen) atoms. The zero-order valence-corrected chi connectivity index (χ0v) is 14.9. The number of halogens is 2. The highest BCUT2D eigenvalue weighted by atomic mass is 35.5. The van der Waals surface area contributed by atoms with Gasteiger partial charge >= 0.3 is 0 Å². The minimum atomic E-state index is -0.172. The van der Waals surface area contributed by atoms with Crippen molar-refractivity contribution in [1.29, 1.82) is 0 Å². The number of hydrogen-bond donors (Lipinski definition) is 1. The Bertz CT molecular complexity index is 472. The summed E-state index contributed by atoms with van der Waals surface area (Å²) in [6.45, 7) is 7.02. The monoisotopic (exact) mass is 327 g/mol. The SMILES string of the molecule is CC(C)(C)C1CCCC(N)(Cc2c(Cl)cccc2Cl)CC1. The van der Waals surface area contributed by atoms with Gasteiger partial charge in [-0.3, -0.25) is 0 Å². The van der Waals surface area contributed by atoms with Gasteiger partial charge in [-0.25, -0.2) is 0 Å². The smallest absolute Gasteiger partial charge is 0.0453 e. The summed E-state index contributed by atoms with van der Waals surface area (Å²) in [4.78, 5) is 0. The molecule has 0 aromatic heterocycles. The maximum Gasteiger partial charge on any atom is 0.0453 e. The van der Waals surface area contributed by atoms with Gasteiger partial charge in [0.25, 0.3) is 0 Å². The van der Waals surface area contributed by atoms with Gasteiger partial charge in [-0.15, -0.1) is 0 Å². The number of hydrogen-bond acceptors (Lipinski definition) is 1. The molecular formula is C18H27Cl2N. The van der Waals surface area contributed by atoms with E-state index in [0.29, 0.717) is 5.41 Å². The molecule has 0 saturated heterocycles. The van der Waals surface area contributed by atoms with Crippen LogP contribution in [0.1, 0.15) is 58.4 Å². The second-order valence-corrected chi connectivity index (χ2v) is 8.55. The van der Waals surface area contributed by atoms with Crippen molar-refractivity contribution in [3.8, 4) is 0 Å². The second kappa shape index (κ2) is 6.48. The third-order valence-corrected chi connectivity index (χ3v) is 5.74. The molecule has 2 unspecified atom stereocenters. The van der Waals surface area contributed by atoms with Gasteiger partial charge in [0.2, 0.25) is 0 Å². The molecule has 2 N–H and O–H groups in total. The average Bonchev–Trinajstić information content (AvgIpc) is 2.56. The van der Waals surface area contributed by atoms with Crippen LogP contribution in [-0.4, -0.2) is 5.54 Å². The third kappa shape index (κ3) is 4.37. The Balaban J connectivity index is 2.13. The first-order valence-electron chi connectivity index (χ1n) is 7.93. The van der Waals surface area contributed by atoms with E-state index >= 15 is 0 Å². The van der Waals surface area contributed by atoms with Crippen molar-refractivity contribution < 1.29 is 0 Å². The molecular weight excluding hydrogens is 301 g/mol. The first-order valence-corrected chi connectivity index (χ1v) is 8.69. The van der Waals surface area contributed by atoms with E-state index in [1.165, 1.54) is 19.3 Å². The van der Waals surface area contributed by atoms with Crippen molar-refractivity contribution >= 4 is 23.2 Å². The van der Waals surface area contributed by atoms with Gasteiger partial charge in [0.1, 0.15) is 0 Å². The quantitative estimate of drug-likeness (QED) is 0.676. The molecule has 3 heteroatoms. The predicted molar refractivity (Wildman–Crippen MR) is 93.1 cm³/mol. The van der Waals surface area contributed by atoms with Gasteiger partial charge < -0.3 is 5.73 Å². The summed E-state index contributed by atoms with van der Waals surface area (Å²) in [5.41, 5.74) is 7.93. The topological polar surface area (TPSA) is 26.0 Å². The third-order valence-electron chi connectivity index (χ3n) is 5.03. The molecule has 0 bridgehead atoms. The van der Waals surface area contributed by atoms with E-state index in [1.807, 2.05) is 18.2 Å². The van der Waals surface area contributed by atoms with E-state index in [0.717, 1.165) is 40.8 Å².